The van der Waals surface area contributed by atoms with Crippen LogP contribution in [0.5, 0.6) is 5.75 Å². The maximum absolute atomic E-state index is 12.1. The number of rotatable bonds is 7. The molecule has 2 aromatic carbocycles. The molecule has 0 radical (unpaired) electrons. The van der Waals surface area contributed by atoms with Gasteiger partial charge in [0.15, 0.2) is 0 Å². The lowest BCUT2D eigenvalue weighted by molar-refractivity contribution is 0.0599. The Kier molecular flexibility index (Phi) is 6.59. The molecule has 1 aromatic heterocycles. The molecule has 5 rings (SSSR count). The van der Waals surface area contributed by atoms with Gasteiger partial charge in [0.05, 0.1) is 25.4 Å². The van der Waals surface area contributed by atoms with E-state index >= 15 is 0 Å². The highest BCUT2D eigenvalue weighted by atomic mass is 16.5. The topological polar surface area (TPSA) is 75.1 Å². The Labute approximate surface area is 205 Å². The van der Waals surface area contributed by atoms with Crippen LogP contribution in [0.1, 0.15) is 40.2 Å². The fourth-order valence-electron chi connectivity index (χ4n) is 4.93. The van der Waals surface area contributed by atoms with Gasteiger partial charge in [-0.2, -0.15) is 0 Å². The molecule has 7 nitrogen and oxygen atoms in total. The van der Waals surface area contributed by atoms with Gasteiger partial charge in [0.1, 0.15) is 5.75 Å². The molecule has 0 aliphatic carbocycles. The predicted octanol–water partition coefficient (Wildman–Crippen LogP) is 4.32. The van der Waals surface area contributed by atoms with E-state index in [4.69, 9.17) is 9.47 Å². The number of pyridine rings is 1. The molecular formula is C28H31N3O4. The molecule has 2 aliphatic heterocycles. The number of fused-ring (bicyclic) bond motifs is 1. The van der Waals surface area contributed by atoms with Crippen molar-refractivity contribution in [2.45, 2.75) is 31.3 Å². The van der Waals surface area contributed by atoms with Gasteiger partial charge >= 0.3 is 5.97 Å². The lowest BCUT2D eigenvalue weighted by Gasteiger charge is -2.38. The minimum absolute atomic E-state index is 0.212. The van der Waals surface area contributed by atoms with E-state index < -0.39 is 0 Å². The first-order valence-corrected chi connectivity index (χ1v) is 12.1. The summed E-state index contributed by atoms with van der Waals surface area (Å²) in [5, 5.41) is 9.54. The molecule has 0 unspecified atom stereocenters. The van der Waals surface area contributed by atoms with Crippen molar-refractivity contribution in [3.05, 3.63) is 77.6 Å². The lowest BCUT2D eigenvalue weighted by Crippen LogP contribution is -2.50. The quantitative estimate of drug-likeness (QED) is 0.513. The first kappa shape index (κ1) is 23.2. The van der Waals surface area contributed by atoms with Crippen LogP contribution in [-0.4, -0.2) is 56.0 Å². The van der Waals surface area contributed by atoms with Crippen LogP contribution in [0.4, 0.5) is 17.1 Å². The van der Waals surface area contributed by atoms with Crippen molar-refractivity contribution >= 4 is 23.0 Å². The Morgan fingerprint density at radius 1 is 1.17 bits per heavy atom. The highest BCUT2D eigenvalue weighted by Crippen LogP contribution is 2.40. The molecule has 1 fully saturated rings. The Hall–Kier alpha value is -3.58. The largest absolute Gasteiger partial charge is 0.493 e. The maximum atomic E-state index is 12.1. The van der Waals surface area contributed by atoms with E-state index in [9.17, 15) is 9.90 Å². The fourth-order valence-corrected chi connectivity index (χ4v) is 4.93. The average molecular weight is 474 g/mol. The second-order valence-electron chi connectivity index (χ2n) is 9.25. The summed E-state index contributed by atoms with van der Waals surface area (Å²) in [7, 11) is 3.46. The zero-order valence-corrected chi connectivity index (χ0v) is 20.2. The lowest BCUT2D eigenvalue weighted by atomic mass is 9.87. The number of nitrogens with zero attached hydrogens (tertiary/aromatic N) is 3. The number of β-amino-alcohol motifs (C(OH)–C–C–N with tert-alkyl or cyclic N) is 1. The molecule has 182 valence electrons. The van der Waals surface area contributed by atoms with Crippen LogP contribution in [0.25, 0.3) is 0 Å². The summed E-state index contributed by atoms with van der Waals surface area (Å²) in [6, 6.07) is 16.6. The monoisotopic (exact) mass is 473 g/mol. The summed E-state index contributed by atoms with van der Waals surface area (Å²) >= 11 is 0. The second-order valence-corrected chi connectivity index (χ2v) is 9.25. The standard InChI is InChI=1S/C28H31N3O4/c1-30(21-5-7-22(8-6-21)31-17-24(32)18-31)23-9-10-25-19(12-14-35-27(25)15-23)3-4-20-16-29-13-11-26(20)28(33)34-2/h5-11,13,15-16,19,24,32H,3-4,12,14,17-18H2,1-2H3/t19-/m1/s1. The number of carbonyl (C=O) groups is 1. The number of aliphatic hydroxyl groups excluding tert-OH is 1. The molecule has 0 amide bonds. The third-order valence-electron chi connectivity index (χ3n) is 7.08. The van der Waals surface area contributed by atoms with Crippen molar-refractivity contribution in [1.82, 2.24) is 4.98 Å². The van der Waals surface area contributed by atoms with Crippen molar-refractivity contribution < 1.29 is 19.4 Å². The molecule has 1 saturated heterocycles. The van der Waals surface area contributed by atoms with Crippen LogP contribution in [0.3, 0.4) is 0 Å². The molecule has 1 N–H and O–H groups in total. The Bertz CT molecular complexity index is 1190. The smallest absolute Gasteiger partial charge is 0.338 e. The highest BCUT2D eigenvalue weighted by Gasteiger charge is 2.25. The van der Waals surface area contributed by atoms with E-state index in [1.807, 2.05) is 0 Å². The third-order valence-corrected chi connectivity index (χ3v) is 7.08. The number of anilines is 3. The number of carbonyl (C=O) groups excluding carboxylic acids is 1. The number of methoxy groups -OCH3 is 1. The number of benzene rings is 2. The van der Waals surface area contributed by atoms with E-state index in [2.05, 4.69) is 64.3 Å². The zero-order valence-electron chi connectivity index (χ0n) is 20.2. The van der Waals surface area contributed by atoms with Gasteiger partial charge in [0, 0.05) is 55.7 Å². The number of aryl methyl sites for hydroxylation is 1. The fraction of sp³-hybridized carbons (Fsp3) is 0.357. The van der Waals surface area contributed by atoms with Gasteiger partial charge in [0.25, 0.3) is 0 Å². The summed E-state index contributed by atoms with van der Waals surface area (Å²) in [6.45, 7) is 2.07. The van der Waals surface area contributed by atoms with Gasteiger partial charge in [-0.25, -0.2) is 4.79 Å². The van der Waals surface area contributed by atoms with Crippen molar-refractivity contribution in [3.63, 3.8) is 0 Å². The Balaban J connectivity index is 1.28. The number of hydrogen-bond acceptors (Lipinski definition) is 7. The molecule has 2 aliphatic rings. The summed E-state index contributed by atoms with van der Waals surface area (Å²) < 4.78 is 11.0. The van der Waals surface area contributed by atoms with Gasteiger partial charge in [-0.15, -0.1) is 0 Å². The maximum Gasteiger partial charge on any atom is 0.338 e. The molecule has 3 aromatic rings. The van der Waals surface area contributed by atoms with Crippen LogP contribution >= 0.6 is 0 Å². The van der Waals surface area contributed by atoms with E-state index in [-0.39, 0.29) is 12.1 Å². The molecule has 3 heterocycles. The molecule has 1 atom stereocenters. The van der Waals surface area contributed by atoms with E-state index in [0.717, 1.165) is 47.6 Å². The molecule has 0 spiro atoms. The minimum Gasteiger partial charge on any atom is -0.493 e. The number of hydrogen-bond donors (Lipinski definition) is 1. The molecule has 0 bridgehead atoms. The van der Waals surface area contributed by atoms with Gasteiger partial charge in [0.2, 0.25) is 0 Å². The number of aromatic nitrogens is 1. The van der Waals surface area contributed by atoms with Crippen molar-refractivity contribution in [1.29, 1.82) is 0 Å². The van der Waals surface area contributed by atoms with Crippen LogP contribution in [0.15, 0.2) is 60.9 Å². The molecule has 0 saturated carbocycles. The first-order chi connectivity index (χ1) is 17.0. The third kappa shape index (κ3) is 4.82. The average Bonchev–Trinajstić information content (AvgIpc) is 2.89. The predicted molar refractivity (Wildman–Crippen MR) is 136 cm³/mol. The van der Waals surface area contributed by atoms with Crippen LogP contribution in [0, 0.1) is 0 Å². The Morgan fingerprint density at radius 3 is 2.69 bits per heavy atom. The highest BCUT2D eigenvalue weighted by molar-refractivity contribution is 5.90. The zero-order chi connectivity index (χ0) is 24.4. The van der Waals surface area contributed by atoms with Crippen molar-refractivity contribution in [2.24, 2.45) is 0 Å². The number of aliphatic hydroxyl groups is 1. The van der Waals surface area contributed by atoms with Crippen LogP contribution < -0.4 is 14.5 Å². The molecular weight excluding hydrogens is 442 g/mol. The summed E-state index contributed by atoms with van der Waals surface area (Å²) in [4.78, 5) is 20.6. The summed E-state index contributed by atoms with van der Waals surface area (Å²) in [6.07, 6.45) is 5.79. The van der Waals surface area contributed by atoms with E-state index in [1.165, 1.54) is 12.7 Å². The Morgan fingerprint density at radius 2 is 1.94 bits per heavy atom. The first-order valence-electron chi connectivity index (χ1n) is 12.1. The van der Waals surface area contributed by atoms with Crippen molar-refractivity contribution in [2.75, 3.05) is 43.7 Å². The number of esters is 1. The van der Waals surface area contributed by atoms with E-state index in [1.54, 1.807) is 18.5 Å². The number of ether oxygens (including phenoxy) is 2. The summed E-state index contributed by atoms with van der Waals surface area (Å²) in [5.41, 5.74) is 6.01. The molecule has 35 heavy (non-hydrogen) atoms. The van der Waals surface area contributed by atoms with Crippen LogP contribution in [-0.2, 0) is 11.2 Å². The van der Waals surface area contributed by atoms with Gasteiger partial charge < -0.3 is 24.4 Å². The van der Waals surface area contributed by atoms with Crippen LogP contribution in [0.2, 0.25) is 0 Å². The summed E-state index contributed by atoms with van der Waals surface area (Å²) in [5.74, 6) is 0.962. The second kappa shape index (κ2) is 9.96. The van der Waals surface area contributed by atoms with Gasteiger partial charge in [-0.1, -0.05) is 6.07 Å². The SMILES string of the molecule is COC(=O)c1ccncc1CC[C@@H]1CCOc2cc(N(C)c3ccc(N4CC(O)C4)cc3)ccc21. The van der Waals surface area contributed by atoms with Gasteiger partial charge in [-0.3, -0.25) is 4.98 Å². The molecule has 7 heteroatoms. The normalized spacial score (nSPS) is 17.2. The van der Waals surface area contributed by atoms with E-state index in [0.29, 0.717) is 31.2 Å². The van der Waals surface area contributed by atoms with Gasteiger partial charge in [-0.05, 0) is 72.7 Å². The minimum atomic E-state index is -0.321. The van der Waals surface area contributed by atoms with Crippen molar-refractivity contribution in [3.8, 4) is 5.75 Å².